The van der Waals surface area contributed by atoms with E-state index in [1.54, 1.807) is 21.7 Å². The van der Waals surface area contributed by atoms with Crippen molar-refractivity contribution in [2.75, 3.05) is 55.3 Å². The number of hydrogen-bond donors (Lipinski definition) is 3. The van der Waals surface area contributed by atoms with E-state index in [-0.39, 0.29) is 0 Å². The van der Waals surface area contributed by atoms with Crippen LogP contribution in [0.5, 0.6) is 0 Å². The molecular weight excluding hydrogens is 458 g/mol. The van der Waals surface area contributed by atoms with Crippen LogP contribution in [-0.4, -0.2) is 79.7 Å². The summed E-state index contributed by atoms with van der Waals surface area (Å²) in [4.78, 5) is 10.9. The van der Waals surface area contributed by atoms with Crippen molar-refractivity contribution in [1.29, 1.82) is 5.26 Å². The van der Waals surface area contributed by atoms with Crippen molar-refractivity contribution < 1.29 is 4.74 Å². The first kappa shape index (κ1) is 22.3. The molecule has 1 aliphatic carbocycles. The summed E-state index contributed by atoms with van der Waals surface area (Å²) in [5.74, 6) is 0.609. The van der Waals surface area contributed by atoms with Gasteiger partial charge in [0.25, 0.3) is 0 Å². The van der Waals surface area contributed by atoms with Gasteiger partial charge in [0, 0.05) is 44.0 Å². The molecule has 184 valence electrons. The van der Waals surface area contributed by atoms with Gasteiger partial charge in [0.1, 0.15) is 18.7 Å². The number of imidazole rings is 1. The molecule has 6 rings (SSSR count). The molecule has 1 aliphatic heterocycles. The van der Waals surface area contributed by atoms with Gasteiger partial charge in [-0.05, 0) is 31.0 Å². The zero-order valence-electron chi connectivity index (χ0n) is 19.8. The lowest BCUT2D eigenvalue weighted by Crippen LogP contribution is -2.39. The van der Waals surface area contributed by atoms with Gasteiger partial charge in [0.15, 0.2) is 17.2 Å². The van der Waals surface area contributed by atoms with Gasteiger partial charge >= 0.3 is 0 Å². The second-order valence-corrected chi connectivity index (χ2v) is 8.93. The quantitative estimate of drug-likeness (QED) is 0.324. The molecule has 2 aliphatic rings. The molecule has 1 saturated heterocycles. The predicted octanol–water partition coefficient (Wildman–Crippen LogP) is 2.24. The Morgan fingerprint density at radius 2 is 2.03 bits per heavy atom. The van der Waals surface area contributed by atoms with Gasteiger partial charge in [-0.2, -0.15) is 14.9 Å². The van der Waals surface area contributed by atoms with E-state index in [9.17, 15) is 5.26 Å². The van der Waals surface area contributed by atoms with Crippen molar-refractivity contribution in [2.45, 2.75) is 18.9 Å². The molecule has 2 fully saturated rings. The summed E-state index contributed by atoms with van der Waals surface area (Å²) in [6.45, 7) is 5.24. The number of rotatable bonds is 9. The Morgan fingerprint density at radius 1 is 1.14 bits per heavy atom. The number of aromatic nitrogens is 6. The van der Waals surface area contributed by atoms with E-state index in [0.717, 1.165) is 75.0 Å². The number of benzene rings is 1. The van der Waals surface area contributed by atoms with E-state index < -0.39 is 0 Å². The molecule has 12 nitrogen and oxygen atoms in total. The lowest BCUT2D eigenvalue weighted by Gasteiger charge is -2.26. The average Bonchev–Trinajstić information content (AvgIpc) is 3.37. The number of hydrogen-bond acceptors (Lipinski definition) is 10. The van der Waals surface area contributed by atoms with Crippen LogP contribution in [0.2, 0.25) is 0 Å². The highest BCUT2D eigenvalue weighted by Gasteiger charge is 2.23. The molecule has 1 saturated carbocycles. The third-order valence-electron chi connectivity index (χ3n) is 6.30. The van der Waals surface area contributed by atoms with Crippen LogP contribution < -0.4 is 16.0 Å². The summed E-state index contributed by atoms with van der Waals surface area (Å²) in [6, 6.07) is 10.6. The molecule has 36 heavy (non-hydrogen) atoms. The first-order chi connectivity index (χ1) is 17.8. The minimum Gasteiger partial charge on any atom is -0.382 e. The smallest absolute Gasteiger partial charge is 0.178 e. The normalized spacial score (nSPS) is 16.1. The van der Waals surface area contributed by atoms with Gasteiger partial charge in [0.2, 0.25) is 0 Å². The highest BCUT2D eigenvalue weighted by Crippen LogP contribution is 2.30. The third kappa shape index (κ3) is 4.79. The Labute approximate surface area is 207 Å². The maximum absolute atomic E-state index is 9.49. The van der Waals surface area contributed by atoms with Crippen molar-refractivity contribution in [1.82, 2.24) is 34.3 Å². The molecule has 12 heteroatoms. The van der Waals surface area contributed by atoms with Gasteiger partial charge in [-0.15, -0.1) is 5.10 Å². The molecule has 4 heterocycles. The Bertz CT molecular complexity index is 1380. The second-order valence-electron chi connectivity index (χ2n) is 8.93. The number of nitriles is 1. The monoisotopic (exact) mass is 485 g/mol. The highest BCUT2D eigenvalue weighted by atomic mass is 16.5. The highest BCUT2D eigenvalue weighted by molar-refractivity contribution is 5.75. The summed E-state index contributed by atoms with van der Waals surface area (Å²) in [6.07, 6.45) is 7.00. The number of nitrogens with zero attached hydrogens (tertiary/aromatic N) is 8. The summed E-state index contributed by atoms with van der Waals surface area (Å²) in [5.41, 5.74) is 4.55. The maximum atomic E-state index is 9.49. The van der Waals surface area contributed by atoms with Gasteiger partial charge in [-0.1, -0.05) is 0 Å². The Morgan fingerprint density at radius 3 is 2.81 bits per heavy atom. The molecule has 3 aromatic heterocycles. The standard InChI is InChI=1S/C24H27N11O/c25-13-19-14-28-24-21(30-17-1-2-17)12-23(32-35(19)24)31-18-3-4-20(22(11-18)34-16-26-15-29-34)27-5-6-33-7-9-36-10-8-33/h3-4,11-12,14-17,27,30H,1-2,5-10H2,(H,31,32). The summed E-state index contributed by atoms with van der Waals surface area (Å²) < 4.78 is 8.75. The van der Waals surface area contributed by atoms with Crippen LogP contribution in [0.4, 0.5) is 22.9 Å². The van der Waals surface area contributed by atoms with Crippen molar-refractivity contribution in [2.24, 2.45) is 0 Å². The van der Waals surface area contributed by atoms with Crippen LogP contribution in [0.15, 0.2) is 43.1 Å². The Balaban J connectivity index is 1.26. The van der Waals surface area contributed by atoms with E-state index in [0.29, 0.717) is 23.2 Å². The van der Waals surface area contributed by atoms with Crippen LogP contribution in [0.1, 0.15) is 18.5 Å². The SMILES string of the molecule is N#Cc1cnc2c(NC3CC3)cc(Nc3ccc(NCCN4CCOCC4)c(-n4cncn4)c3)nn12. The minimum absolute atomic E-state index is 0.385. The van der Waals surface area contributed by atoms with Crippen molar-refractivity contribution in [3.8, 4) is 11.8 Å². The first-order valence-electron chi connectivity index (χ1n) is 12.1. The fraction of sp³-hybridized carbons (Fsp3) is 0.375. The average molecular weight is 486 g/mol. The van der Waals surface area contributed by atoms with E-state index in [1.807, 2.05) is 24.3 Å². The molecule has 1 aromatic carbocycles. The predicted molar refractivity (Wildman–Crippen MR) is 135 cm³/mol. The van der Waals surface area contributed by atoms with Crippen LogP contribution in [0, 0.1) is 11.3 Å². The molecule has 4 aromatic rings. The fourth-order valence-electron chi connectivity index (χ4n) is 4.26. The van der Waals surface area contributed by atoms with Crippen LogP contribution in [0.3, 0.4) is 0 Å². The number of ether oxygens (including phenoxy) is 1. The van der Waals surface area contributed by atoms with E-state index >= 15 is 0 Å². The molecule has 0 bridgehead atoms. The lowest BCUT2D eigenvalue weighted by molar-refractivity contribution is 0.0398. The molecule has 0 spiro atoms. The fourth-order valence-corrected chi connectivity index (χ4v) is 4.26. The lowest BCUT2D eigenvalue weighted by atomic mass is 10.2. The van der Waals surface area contributed by atoms with E-state index in [1.165, 1.54) is 6.33 Å². The van der Waals surface area contributed by atoms with Crippen molar-refractivity contribution in [3.05, 3.63) is 48.8 Å². The summed E-state index contributed by atoms with van der Waals surface area (Å²) >= 11 is 0. The summed E-state index contributed by atoms with van der Waals surface area (Å²) in [7, 11) is 0. The largest absolute Gasteiger partial charge is 0.382 e. The molecule has 0 unspecified atom stereocenters. The van der Waals surface area contributed by atoms with Gasteiger partial charge in [-0.25, -0.2) is 14.6 Å². The van der Waals surface area contributed by atoms with Crippen molar-refractivity contribution >= 4 is 28.5 Å². The van der Waals surface area contributed by atoms with Gasteiger partial charge in [-0.3, -0.25) is 4.90 Å². The number of fused-ring (bicyclic) bond motifs is 1. The third-order valence-corrected chi connectivity index (χ3v) is 6.30. The van der Waals surface area contributed by atoms with E-state index in [2.05, 4.69) is 47.1 Å². The number of morpholine rings is 1. The molecule has 0 atom stereocenters. The second kappa shape index (κ2) is 9.80. The Hall–Kier alpha value is -4.21. The minimum atomic E-state index is 0.385. The first-order valence-corrected chi connectivity index (χ1v) is 12.1. The number of anilines is 4. The van der Waals surface area contributed by atoms with Gasteiger partial charge in [0.05, 0.1) is 36.5 Å². The topological polar surface area (TPSA) is 133 Å². The van der Waals surface area contributed by atoms with Crippen LogP contribution in [-0.2, 0) is 4.74 Å². The zero-order chi connectivity index (χ0) is 24.3. The Kier molecular flexibility index (Phi) is 6.06. The molecule has 3 N–H and O–H groups in total. The molecule has 0 radical (unpaired) electrons. The van der Waals surface area contributed by atoms with E-state index in [4.69, 9.17) is 4.74 Å². The maximum Gasteiger partial charge on any atom is 0.178 e. The van der Waals surface area contributed by atoms with Crippen LogP contribution >= 0.6 is 0 Å². The van der Waals surface area contributed by atoms with Crippen LogP contribution in [0.25, 0.3) is 11.3 Å². The molecular formula is C24H27N11O. The van der Waals surface area contributed by atoms with Crippen molar-refractivity contribution in [3.63, 3.8) is 0 Å². The van der Waals surface area contributed by atoms with Gasteiger partial charge < -0.3 is 20.7 Å². The molecule has 0 amide bonds. The summed E-state index contributed by atoms with van der Waals surface area (Å²) in [5, 5.41) is 28.9. The number of nitrogens with one attached hydrogen (secondary N) is 3. The zero-order valence-corrected chi connectivity index (χ0v) is 19.8.